The van der Waals surface area contributed by atoms with E-state index in [1.165, 1.54) is 6.20 Å². The molecule has 0 fully saturated rings. The summed E-state index contributed by atoms with van der Waals surface area (Å²) in [6.45, 7) is 5.98. The number of sulfonamides is 1. The van der Waals surface area contributed by atoms with Gasteiger partial charge < -0.3 is 11.1 Å². The monoisotopic (exact) mass is 452 g/mol. The van der Waals surface area contributed by atoms with Crippen molar-refractivity contribution in [2.75, 3.05) is 18.8 Å². The number of fused-ring (bicyclic) bond motifs is 1. The molecule has 4 N–H and O–H groups in total. The topological polar surface area (TPSA) is 140 Å². The van der Waals surface area contributed by atoms with Gasteiger partial charge in [-0.15, -0.1) is 0 Å². The predicted molar refractivity (Wildman–Crippen MR) is 121 cm³/mol. The molecule has 0 unspecified atom stereocenters. The van der Waals surface area contributed by atoms with Crippen LogP contribution in [0.3, 0.4) is 0 Å². The van der Waals surface area contributed by atoms with E-state index < -0.39 is 10.0 Å². The highest BCUT2D eigenvalue weighted by Gasteiger charge is 2.22. The SMILES string of the molecule is CCNS(=O)(=O)c1c(C)cc(-c2cnc(N)c(-c3ccc4c(c3)CCNC4=O)n2)nc1C. The maximum atomic E-state index is 12.5. The Balaban J connectivity index is 1.78. The molecule has 0 aliphatic carbocycles. The smallest absolute Gasteiger partial charge is 0.251 e. The van der Waals surface area contributed by atoms with Crippen molar-refractivity contribution in [3.05, 3.63) is 52.8 Å². The third-order valence-electron chi connectivity index (χ3n) is 5.30. The van der Waals surface area contributed by atoms with Crippen LogP contribution in [0, 0.1) is 13.8 Å². The van der Waals surface area contributed by atoms with Crippen LogP contribution in [-0.4, -0.2) is 42.4 Å². The number of carbonyl (C=O) groups excluding carboxylic acids is 1. The van der Waals surface area contributed by atoms with Gasteiger partial charge in [0.1, 0.15) is 22.1 Å². The Hall–Kier alpha value is -3.37. The second-order valence-corrected chi connectivity index (χ2v) is 9.31. The molecule has 0 atom stereocenters. The van der Waals surface area contributed by atoms with Gasteiger partial charge in [-0.25, -0.2) is 28.1 Å². The predicted octanol–water partition coefficient (Wildman–Crippen LogP) is 1.99. The van der Waals surface area contributed by atoms with Crippen LogP contribution in [-0.2, 0) is 16.4 Å². The van der Waals surface area contributed by atoms with Gasteiger partial charge in [0.05, 0.1) is 17.6 Å². The summed E-state index contributed by atoms with van der Waals surface area (Å²) in [5, 5.41) is 2.83. The van der Waals surface area contributed by atoms with Crippen LogP contribution in [0.1, 0.15) is 34.1 Å². The zero-order valence-corrected chi connectivity index (χ0v) is 18.9. The number of amides is 1. The summed E-state index contributed by atoms with van der Waals surface area (Å²) in [6, 6.07) is 7.15. The largest absolute Gasteiger partial charge is 0.382 e. The number of carbonyl (C=O) groups is 1. The lowest BCUT2D eigenvalue weighted by Gasteiger charge is -2.17. The van der Waals surface area contributed by atoms with Crippen molar-refractivity contribution in [2.24, 2.45) is 0 Å². The first-order chi connectivity index (χ1) is 15.2. The van der Waals surface area contributed by atoms with Gasteiger partial charge in [-0.1, -0.05) is 13.0 Å². The molecule has 166 valence electrons. The number of nitrogen functional groups attached to an aromatic ring is 1. The van der Waals surface area contributed by atoms with Crippen LogP contribution in [0.15, 0.2) is 35.4 Å². The Morgan fingerprint density at radius 3 is 2.66 bits per heavy atom. The molecule has 0 bridgehead atoms. The Bertz CT molecular complexity index is 1310. The molecule has 1 amide bonds. The highest BCUT2D eigenvalue weighted by Crippen LogP contribution is 2.29. The van der Waals surface area contributed by atoms with Gasteiger partial charge in [0.25, 0.3) is 5.91 Å². The molecular weight excluding hydrogens is 428 g/mol. The summed E-state index contributed by atoms with van der Waals surface area (Å²) in [7, 11) is -3.64. The molecule has 3 aromatic rings. The number of anilines is 1. The Morgan fingerprint density at radius 1 is 1.16 bits per heavy atom. The molecular formula is C22H24N6O3S. The van der Waals surface area contributed by atoms with Gasteiger partial charge in [-0.3, -0.25) is 4.79 Å². The van der Waals surface area contributed by atoms with Crippen molar-refractivity contribution in [2.45, 2.75) is 32.1 Å². The highest BCUT2D eigenvalue weighted by molar-refractivity contribution is 7.89. The first-order valence-electron chi connectivity index (χ1n) is 10.2. The van der Waals surface area contributed by atoms with E-state index in [1.807, 2.05) is 6.07 Å². The number of nitrogens with one attached hydrogen (secondary N) is 2. The van der Waals surface area contributed by atoms with E-state index in [9.17, 15) is 13.2 Å². The second kappa shape index (κ2) is 8.29. The lowest BCUT2D eigenvalue weighted by molar-refractivity contribution is 0.0946. The van der Waals surface area contributed by atoms with E-state index in [4.69, 9.17) is 5.73 Å². The first-order valence-corrected chi connectivity index (χ1v) is 11.7. The van der Waals surface area contributed by atoms with Gasteiger partial charge in [-0.2, -0.15) is 0 Å². The molecule has 0 spiro atoms. The fourth-order valence-corrected chi connectivity index (χ4v) is 5.37. The zero-order chi connectivity index (χ0) is 23.0. The maximum Gasteiger partial charge on any atom is 0.251 e. The van der Waals surface area contributed by atoms with Crippen LogP contribution in [0.4, 0.5) is 5.82 Å². The molecule has 9 nitrogen and oxygen atoms in total. The number of nitrogens with zero attached hydrogens (tertiary/aromatic N) is 3. The van der Waals surface area contributed by atoms with Gasteiger partial charge in [-0.05, 0) is 49.6 Å². The number of rotatable bonds is 5. The van der Waals surface area contributed by atoms with E-state index in [2.05, 4.69) is 25.0 Å². The molecule has 0 saturated carbocycles. The molecule has 0 saturated heterocycles. The number of hydrogen-bond acceptors (Lipinski definition) is 7. The van der Waals surface area contributed by atoms with E-state index in [1.54, 1.807) is 39.0 Å². The third-order valence-corrected chi connectivity index (χ3v) is 7.12. The van der Waals surface area contributed by atoms with E-state index in [-0.39, 0.29) is 23.2 Å². The van der Waals surface area contributed by atoms with Crippen molar-refractivity contribution in [3.8, 4) is 22.6 Å². The lowest BCUT2D eigenvalue weighted by Crippen LogP contribution is -2.31. The van der Waals surface area contributed by atoms with Crippen molar-refractivity contribution in [1.29, 1.82) is 0 Å². The summed E-state index contributed by atoms with van der Waals surface area (Å²) in [5.41, 5.74) is 10.8. The second-order valence-electron chi connectivity index (χ2n) is 7.61. The number of aryl methyl sites for hydroxylation is 2. The third kappa shape index (κ3) is 3.94. The number of pyridine rings is 1. The molecule has 32 heavy (non-hydrogen) atoms. The molecule has 1 aromatic carbocycles. The van der Waals surface area contributed by atoms with Crippen LogP contribution >= 0.6 is 0 Å². The quantitative estimate of drug-likeness (QED) is 0.538. The molecule has 1 aliphatic rings. The normalized spacial score (nSPS) is 13.5. The van der Waals surface area contributed by atoms with Crippen molar-refractivity contribution >= 4 is 21.7 Å². The van der Waals surface area contributed by atoms with Crippen LogP contribution in [0.25, 0.3) is 22.6 Å². The van der Waals surface area contributed by atoms with Gasteiger partial charge >= 0.3 is 0 Å². The summed E-state index contributed by atoms with van der Waals surface area (Å²) in [5.74, 6) is 0.169. The van der Waals surface area contributed by atoms with E-state index in [0.717, 1.165) is 17.5 Å². The average Bonchev–Trinajstić information content (AvgIpc) is 2.73. The summed E-state index contributed by atoms with van der Waals surface area (Å²) in [6.07, 6.45) is 2.24. The fraction of sp³-hybridized carbons (Fsp3) is 0.273. The summed E-state index contributed by atoms with van der Waals surface area (Å²) < 4.78 is 27.5. The molecule has 2 aromatic heterocycles. The average molecular weight is 453 g/mol. The number of aromatic nitrogens is 3. The molecule has 1 aliphatic heterocycles. The first kappa shape index (κ1) is 21.8. The van der Waals surface area contributed by atoms with E-state index >= 15 is 0 Å². The lowest BCUT2D eigenvalue weighted by atomic mass is 9.96. The maximum absolute atomic E-state index is 12.5. The van der Waals surface area contributed by atoms with Crippen LogP contribution in [0.2, 0.25) is 0 Å². The standard InChI is InChI=1S/C22H24N6O3S/c1-4-26-32(30,31)20-12(2)9-17(27-13(20)3)18-11-25-21(23)19(28-18)15-5-6-16-14(10-15)7-8-24-22(16)29/h5-6,9-11,26H,4,7-8H2,1-3H3,(H2,23,25)(H,24,29). The molecule has 10 heteroatoms. The summed E-state index contributed by atoms with van der Waals surface area (Å²) in [4.78, 5) is 25.6. The minimum Gasteiger partial charge on any atom is -0.382 e. The van der Waals surface area contributed by atoms with E-state index in [0.29, 0.717) is 40.4 Å². The van der Waals surface area contributed by atoms with Crippen molar-refractivity contribution in [3.63, 3.8) is 0 Å². The highest BCUT2D eigenvalue weighted by atomic mass is 32.2. The van der Waals surface area contributed by atoms with Crippen molar-refractivity contribution in [1.82, 2.24) is 25.0 Å². The fourth-order valence-electron chi connectivity index (χ4n) is 3.93. The van der Waals surface area contributed by atoms with Gasteiger partial charge in [0.2, 0.25) is 10.0 Å². The Morgan fingerprint density at radius 2 is 1.94 bits per heavy atom. The summed E-state index contributed by atoms with van der Waals surface area (Å²) >= 11 is 0. The minimum atomic E-state index is -3.64. The Kier molecular flexibility index (Phi) is 5.66. The number of benzene rings is 1. The van der Waals surface area contributed by atoms with Gasteiger partial charge in [0, 0.05) is 24.2 Å². The molecule has 3 heterocycles. The molecule has 0 radical (unpaired) electrons. The zero-order valence-electron chi connectivity index (χ0n) is 18.1. The number of hydrogen-bond donors (Lipinski definition) is 3. The van der Waals surface area contributed by atoms with Gasteiger partial charge in [0.15, 0.2) is 0 Å². The Labute approximate surface area is 186 Å². The molecule has 4 rings (SSSR count). The number of nitrogens with two attached hydrogens (primary N) is 1. The van der Waals surface area contributed by atoms with Crippen LogP contribution < -0.4 is 15.8 Å². The minimum absolute atomic E-state index is 0.0895. The van der Waals surface area contributed by atoms with Crippen molar-refractivity contribution < 1.29 is 13.2 Å². The van der Waals surface area contributed by atoms with Crippen LogP contribution in [0.5, 0.6) is 0 Å².